The number of aliphatic hydroxyl groups is 3. The van der Waals surface area contributed by atoms with Gasteiger partial charge in [0.05, 0.1) is 12.7 Å². The Morgan fingerprint density at radius 3 is 1.07 bits per heavy atom. The third kappa shape index (κ3) is 156. The highest BCUT2D eigenvalue weighted by atomic mass is 32.2. The lowest BCUT2D eigenvalue weighted by atomic mass is 10.2. The molecule has 7 N–H and O–H groups in total. The molecule has 0 radical (unpaired) electrons. The van der Waals surface area contributed by atoms with E-state index < -0.39 is 39.8 Å². The lowest BCUT2D eigenvalue weighted by molar-refractivity contribution is -0.138. The molecule has 0 saturated heterocycles. The van der Waals surface area contributed by atoms with Crippen molar-refractivity contribution in [2.45, 2.75) is 165 Å². The molecule has 0 heterocycles. The summed E-state index contributed by atoms with van der Waals surface area (Å²) in [6.07, 6.45) is 11.3. The molecule has 0 aliphatic carbocycles. The summed E-state index contributed by atoms with van der Waals surface area (Å²) < 4.78 is 25.2. The first-order valence-corrected chi connectivity index (χ1v) is 21.2. The van der Waals surface area contributed by atoms with Crippen LogP contribution in [0.4, 0.5) is 0 Å². The van der Waals surface area contributed by atoms with Crippen molar-refractivity contribution in [3.05, 3.63) is 0 Å². The molecule has 1 unspecified atom stereocenters. The van der Waals surface area contributed by atoms with Crippen molar-refractivity contribution in [1.82, 2.24) is 4.90 Å². The van der Waals surface area contributed by atoms with Crippen LogP contribution in [0.25, 0.3) is 0 Å². The SMILES string of the molecule is CCC(=O)N(C)C.CCC(=O)O.CCC(O)CO.CCCC(=O)O.CCCCC(=O)O.CCCCCC(=O)O.CCCO.CCCOC.CCCS(C)(=O)=O. The molecule has 0 aromatic heterocycles. The van der Waals surface area contributed by atoms with Gasteiger partial charge in [0.1, 0.15) is 9.84 Å². The van der Waals surface area contributed by atoms with Crippen molar-refractivity contribution in [3.63, 3.8) is 0 Å². The van der Waals surface area contributed by atoms with Gasteiger partial charge in [-0.1, -0.05) is 81.6 Å². The summed E-state index contributed by atoms with van der Waals surface area (Å²) in [5, 5.41) is 56.2. The first-order chi connectivity index (χ1) is 25.5. The Morgan fingerprint density at radius 2 is 1.00 bits per heavy atom. The van der Waals surface area contributed by atoms with Crippen LogP contribution >= 0.6 is 0 Å². The maximum absolute atomic E-state index is 10.4. The molecular weight excluding hydrogens is 742 g/mol. The van der Waals surface area contributed by atoms with Crippen LogP contribution in [0.5, 0.6) is 0 Å². The average molecular weight is 828 g/mol. The minimum atomic E-state index is -2.67. The van der Waals surface area contributed by atoms with E-state index >= 15 is 0 Å². The molecule has 338 valence electrons. The molecule has 1 amide bonds. The van der Waals surface area contributed by atoms with Gasteiger partial charge in [0.2, 0.25) is 5.91 Å². The highest BCUT2D eigenvalue weighted by Gasteiger charge is 1.96. The molecule has 0 rings (SSSR count). The highest BCUT2D eigenvalue weighted by Crippen LogP contribution is 1.97. The first-order valence-electron chi connectivity index (χ1n) is 19.1. The highest BCUT2D eigenvalue weighted by molar-refractivity contribution is 7.90. The summed E-state index contributed by atoms with van der Waals surface area (Å²) in [4.78, 5) is 50.6. The molecule has 55 heavy (non-hydrogen) atoms. The van der Waals surface area contributed by atoms with Gasteiger partial charge in [-0.25, -0.2) is 8.42 Å². The van der Waals surface area contributed by atoms with E-state index in [1.54, 1.807) is 33.0 Å². The van der Waals surface area contributed by atoms with Crippen molar-refractivity contribution in [3.8, 4) is 0 Å². The zero-order chi connectivity index (χ0) is 45.7. The van der Waals surface area contributed by atoms with Crippen molar-refractivity contribution in [2.24, 2.45) is 0 Å². The standard InChI is InChI=1S/C6H12O2.C5H11NO.C5H10O2.C4H10O2S.C4H10O2.C4H8O2.C4H10O.C3H6O2.C3H8O/c1-2-3-4-5-6(7)8;1-4-5(7)6(2)3;1-2-3-4-5(6)7;1-3-4-7(2,5)6;1-2-4(6)3-5;1-2-3-4(5)6;1-3-4-5-2;1-2-3(4)5;1-2-3-4/h2-5H2,1H3,(H,7,8);4H2,1-3H3;2-4H2,1H3,(H,6,7);3-4H2,1-2H3;4-6H,2-3H2,1H3;2-3H2,1H3,(H,5,6);3-4H2,1-2H3;2H2,1H3,(H,4,5);4H,2-3H2,1H3. The number of carboxylic acids is 4. The molecule has 0 spiro atoms. The van der Waals surface area contributed by atoms with Crippen molar-refractivity contribution in [1.29, 1.82) is 0 Å². The van der Waals surface area contributed by atoms with Gasteiger partial charge in [0, 0.05) is 78.5 Å². The fourth-order valence-corrected chi connectivity index (χ4v) is 2.83. The Kier molecular flexibility index (Phi) is 87.9. The van der Waals surface area contributed by atoms with Crippen LogP contribution in [0.3, 0.4) is 0 Å². The van der Waals surface area contributed by atoms with E-state index in [0.29, 0.717) is 44.5 Å². The van der Waals surface area contributed by atoms with Gasteiger partial charge in [-0.2, -0.15) is 0 Å². The summed E-state index contributed by atoms with van der Waals surface area (Å²) in [6.45, 7) is 18.1. The number of carbonyl (C=O) groups excluding carboxylic acids is 1. The van der Waals surface area contributed by atoms with Crippen LogP contribution in [0, 0.1) is 0 Å². The van der Waals surface area contributed by atoms with Gasteiger partial charge in [0.25, 0.3) is 0 Å². The molecular formula is C38H85NO15S. The van der Waals surface area contributed by atoms with Crippen LogP contribution < -0.4 is 0 Å². The van der Waals surface area contributed by atoms with E-state index in [4.69, 9.17) is 40.5 Å². The number of carbonyl (C=O) groups is 5. The summed E-state index contributed by atoms with van der Waals surface area (Å²) in [5.74, 6) is -2.34. The van der Waals surface area contributed by atoms with Crippen LogP contribution in [0.15, 0.2) is 0 Å². The minimum Gasteiger partial charge on any atom is -0.481 e. The number of nitrogens with zero attached hydrogens (tertiary/aromatic N) is 1. The zero-order valence-electron chi connectivity index (χ0n) is 36.8. The second kappa shape index (κ2) is 66.0. The van der Waals surface area contributed by atoms with E-state index in [0.717, 1.165) is 64.4 Å². The van der Waals surface area contributed by atoms with E-state index in [9.17, 15) is 32.4 Å². The molecule has 1 atom stereocenters. The van der Waals surface area contributed by atoms with Crippen molar-refractivity contribution in [2.75, 3.05) is 53.0 Å². The van der Waals surface area contributed by atoms with Crippen LogP contribution in [-0.4, -0.2) is 138 Å². The van der Waals surface area contributed by atoms with Gasteiger partial charge in [-0.3, -0.25) is 24.0 Å². The zero-order valence-corrected chi connectivity index (χ0v) is 37.6. The number of ether oxygens (including phenoxy) is 1. The molecule has 17 heteroatoms. The minimum absolute atomic E-state index is 0.115. The molecule has 16 nitrogen and oxygen atoms in total. The van der Waals surface area contributed by atoms with E-state index in [1.807, 2.05) is 41.5 Å². The molecule has 0 aromatic carbocycles. The normalized spacial score (nSPS) is 9.45. The lowest BCUT2D eigenvalue weighted by Crippen LogP contribution is -2.19. The van der Waals surface area contributed by atoms with E-state index in [-0.39, 0.29) is 18.9 Å². The Labute approximate surface area is 334 Å². The monoisotopic (exact) mass is 828 g/mol. The van der Waals surface area contributed by atoms with Crippen LogP contribution in [0.2, 0.25) is 0 Å². The summed E-state index contributed by atoms with van der Waals surface area (Å²) >= 11 is 0. The molecule has 0 aromatic rings. The first kappa shape index (κ1) is 73.3. The lowest BCUT2D eigenvalue weighted by Gasteiger charge is -2.05. The Hall–Kier alpha value is -2.86. The molecule has 0 fully saturated rings. The number of aliphatic hydroxyl groups excluding tert-OH is 3. The number of rotatable bonds is 18. The van der Waals surface area contributed by atoms with Crippen LogP contribution in [0.1, 0.15) is 159 Å². The third-order valence-electron chi connectivity index (χ3n) is 5.19. The average Bonchev–Trinajstić information content (AvgIpc) is 3.11. The smallest absolute Gasteiger partial charge is 0.303 e. The number of aliphatic carboxylic acids is 4. The number of carboxylic acid groups (broad SMARTS) is 4. The Balaban J connectivity index is -0.0000000622. The predicted molar refractivity (Wildman–Crippen MR) is 221 cm³/mol. The second-order valence-corrected chi connectivity index (χ2v) is 13.7. The third-order valence-corrected chi connectivity index (χ3v) is 6.34. The number of sulfone groups is 1. The number of hydrogen-bond acceptors (Lipinski definition) is 11. The van der Waals surface area contributed by atoms with Gasteiger partial charge in [-0.15, -0.1) is 0 Å². The Morgan fingerprint density at radius 1 is 0.600 bits per heavy atom. The molecule has 0 bridgehead atoms. The van der Waals surface area contributed by atoms with E-state index in [2.05, 4.69) is 13.8 Å². The summed E-state index contributed by atoms with van der Waals surface area (Å²) in [7, 11) is 2.55. The van der Waals surface area contributed by atoms with Gasteiger partial charge in [0.15, 0.2) is 0 Å². The topological polar surface area (TPSA) is 274 Å². The van der Waals surface area contributed by atoms with Gasteiger partial charge < -0.3 is 45.4 Å². The van der Waals surface area contributed by atoms with Gasteiger partial charge in [-0.05, 0) is 44.9 Å². The number of amides is 1. The second-order valence-electron chi connectivity index (χ2n) is 11.5. The summed E-state index contributed by atoms with van der Waals surface area (Å²) in [6, 6.07) is 0. The predicted octanol–water partition coefficient (Wildman–Crippen LogP) is 6.37. The van der Waals surface area contributed by atoms with Crippen molar-refractivity contribution >= 4 is 39.6 Å². The summed E-state index contributed by atoms with van der Waals surface area (Å²) in [5.41, 5.74) is 0. The number of methoxy groups -OCH3 is 1. The van der Waals surface area contributed by atoms with Crippen LogP contribution in [-0.2, 0) is 38.5 Å². The fraction of sp³-hybridized carbons (Fsp3) is 0.868. The number of unbranched alkanes of at least 4 members (excludes halogenated alkanes) is 3. The fourth-order valence-electron chi connectivity index (χ4n) is 2.09. The molecule has 0 saturated carbocycles. The van der Waals surface area contributed by atoms with Gasteiger partial charge >= 0.3 is 23.9 Å². The number of hydrogen-bond donors (Lipinski definition) is 7. The Bertz CT molecular complexity index is 877. The maximum atomic E-state index is 10.4. The molecule has 0 aliphatic rings. The largest absolute Gasteiger partial charge is 0.481 e. The van der Waals surface area contributed by atoms with Crippen molar-refractivity contribution < 1.29 is 72.9 Å². The maximum Gasteiger partial charge on any atom is 0.303 e. The van der Waals surface area contributed by atoms with E-state index in [1.165, 1.54) is 6.26 Å². The quantitative estimate of drug-likeness (QED) is 0.0740. The molecule has 0 aliphatic heterocycles.